The molecule has 0 aromatic carbocycles. The van der Waals surface area contributed by atoms with Gasteiger partial charge >= 0.3 is 0 Å². The average Bonchev–Trinajstić information content (AvgIpc) is 2.95. The molecule has 0 heterocycles. The van der Waals surface area contributed by atoms with Gasteiger partial charge in [-0.1, -0.05) is 5.11 Å². The third-order valence-electron chi connectivity index (χ3n) is 4.38. The van der Waals surface area contributed by atoms with Crippen molar-refractivity contribution >= 4 is 0 Å². The van der Waals surface area contributed by atoms with Crippen LogP contribution in [0, 0.1) is 0 Å². The fourth-order valence-corrected chi connectivity index (χ4v) is 2.53. The highest BCUT2D eigenvalue weighted by Crippen LogP contribution is 1.87. The van der Waals surface area contributed by atoms with Crippen LogP contribution in [0.3, 0.4) is 0 Å². The Labute approximate surface area is 232 Å². The van der Waals surface area contributed by atoms with Crippen molar-refractivity contribution in [1.82, 2.24) is 0 Å². The third-order valence-corrected chi connectivity index (χ3v) is 4.38. The lowest BCUT2D eigenvalue weighted by atomic mass is 10.6. The third kappa shape index (κ3) is 36.8. The lowest BCUT2D eigenvalue weighted by Crippen LogP contribution is -2.15. The molecule has 0 bridgehead atoms. The molecule has 0 aromatic heterocycles. The Bertz CT molecular complexity index is 507. The van der Waals surface area contributed by atoms with Crippen molar-refractivity contribution in [2.45, 2.75) is 0 Å². The number of hydrogen-bond donors (Lipinski definition) is 1. The molecule has 0 atom stereocenters. The summed E-state index contributed by atoms with van der Waals surface area (Å²) in [5.74, 6) is 0. The molecule has 0 radical (unpaired) electrons. The largest absolute Gasteiger partial charge is 0.379 e. The molecule has 0 aliphatic heterocycles. The molecule has 0 aliphatic carbocycles. The van der Waals surface area contributed by atoms with Crippen molar-refractivity contribution in [3.63, 3.8) is 0 Å². The second-order valence-corrected chi connectivity index (χ2v) is 7.48. The van der Waals surface area contributed by atoms with Crippen molar-refractivity contribution in [3.05, 3.63) is 10.4 Å². The molecule has 0 fully saturated rings. The minimum atomic E-state index is 0.329. The average molecular weight is 571 g/mol. The molecule has 39 heavy (non-hydrogen) atoms. The van der Waals surface area contributed by atoms with Gasteiger partial charge in [0.05, 0.1) is 145 Å². The van der Waals surface area contributed by atoms with E-state index in [-0.39, 0.29) is 0 Å². The van der Waals surface area contributed by atoms with E-state index in [0.717, 1.165) is 0 Å². The van der Waals surface area contributed by atoms with Crippen LogP contribution in [-0.4, -0.2) is 158 Å². The summed E-state index contributed by atoms with van der Waals surface area (Å²) in [4.78, 5) is 2.64. The summed E-state index contributed by atoms with van der Waals surface area (Å²) in [6.45, 7) is 11.9. The van der Waals surface area contributed by atoms with Crippen LogP contribution >= 0.6 is 0 Å². The van der Waals surface area contributed by atoms with Crippen LogP contribution in [0.4, 0.5) is 0 Å². The first kappa shape index (κ1) is 37.8. The first-order chi connectivity index (χ1) is 19.4. The van der Waals surface area contributed by atoms with Crippen molar-refractivity contribution < 1.29 is 52.1 Å². The number of ether oxygens (including phenoxy) is 11. The summed E-state index contributed by atoms with van der Waals surface area (Å²) >= 11 is 0. The Morgan fingerprint density at radius 2 is 0.564 bits per heavy atom. The molecule has 0 rings (SSSR count). The first-order valence-corrected chi connectivity index (χ1v) is 13.5. The normalized spacial score (nSPS) is 11.2. The predicted octanol–water partition coefficient (Wildman–Crippen LogP) is 0.438. The lowest BCUT2D eigenvalue weighted by Gasteiger charge is -2.09. The van der Waals surface area contributed by atoms with Crippen molar-refractivity contribution in [1.29, 1.82) is 0 Å². The maximum Gasteiger partial charge on any atom is 0.0701 e. The topological polar surface area (TPSA) is 176 Å². The Kier molecular flexibility index (Phi) is 35.7. The van der Waals surface area contributed by atoms with E-state index in [0.29, 0.717) is 158 Å². The van der Waals surface area contributed by atoms with Crippen molar-refractivity contribution in [2.75, 3.05) is 158 Å². The highest BCUT2D eigenvalue weighted by Gasteiger charge is 1.96. The molecular formula is C24H50N4O11. The SMILES string of the molecule is [N-]=[N+]=NCCOCCOCCOCCOCCOCCOCCOCCOCCOCCOCCOCCN. The minimum Gasteiger partial charge on any atom is -0.379 e. The summed E-state index contributed by atoms with van der Waals surface area (Å²) in [6.07, 6.45) is 0. The highest BCUT2D eigenvalue weighted by atomic mass is 16.6. The van der Waals surface area contributed by atoms with Crippen LogP contribution in [-0.2, 0) is 52.1 Å². The molecule has 15 heteroatoms. The maximum absolute atomic E-state index is 8.12. The van der Waals surface area contributed by atoms with Crippen LogP contribution < -0.4 is 5.73 Å². The van der Waals surface area contributed by atoms with Crippen LogP contribution in [0.25, 0.3) is 10.4 Å². The zero-order valence-electron chi connectivity index (χ0n) is 23.4. The zero-order chi connectivity index (χ0) is 28.2. The molecule has 2 N–H and O–H groups in total. The van der Waals surface area contributed by atoms with Crippen LogP contribution in [0.15, 0.2) is 5.11 Å². The number of rotatable bonds is 35. The fraction of sp³-hybridized carbons (Fsp3) is 1.00. The Morgan fingerprint density at radius 3 is 0.769 bits per heavy atom. The quantitative estimate of drug-likeness (QED) is 0.0482. The van der Waals surface area contributed by atoms with E-state index in [1.165, 1.54) is 0 Å². The Hall–Kier alpha value is -1.17. The standard InChI is InChI=1S/C24H50N4O11/c25-1-3-29-5-7-31-9-11-33-13-15-35-17-19-37-21-23-39-24-22-38-20-18-36-16-14-34-12-10-32-8-6-30-4-2-27-28-26/h1-25H2. The number of nitrogens with two attached hydrogens (primary N) is 1. The van der Waals surface area contributed by atoms with E-state index >= 15 is 0 Å². The van der Waals surface area contributed by atoms with Gasteiger partial charge in [-0.25, -0.2) is 0 Å². The van der Waals surface area contributed by atoms with Gasteiger partial charge in [0.1, 0.15) is 0 Å². The molecule has 0 unspecified atom stereocenters. The van der Waals surface area contributed by atoms with E-state index in [1.54, 1.807) is 0 Å². The molecule has 232 valence electrons. The summed E-state index contributed by atoms with van der Waals surface area (Å²) < 4.78 is 59.1. The van der Waals surface area contributed by atoms with Gasteiger partial charge in [0.15, 0.2) is 0 Å². The van der Waals surface area contributed by atoms with Crippen molar-refractivity contribution in [2.24, 2.45) is 10.8 Å². The molecular weight excluding hydrogens is 520 g/mol. The van der Waals surface area contributed by atoms with E-state index < -0.39 is 0 Å². The molecule has 0 saturated heterocycles. The van der Waals surface area contributed by atoms with Gasteiger partial charge in [0, 0.05) is 18.0 Å². The van der Waals surface area contributed by atoms with Gasteiger partial charge in [-0.3, -0.25) is 0 Å². The Balaban J connectivity index is 3.02. The summed E-state index contributed by atoms with van der Waals surface area (Å²) in [7, 11) is 0. The van der Waals surface area contributed by atoms with Gasteiger partial charge in [-0.15, -0.1) is 0 Å². The smallest absolute Gasteiger partial charge is 0.0701 e. The molecule has 0 aliphatic rings. The van der Waals surface area contributed by atoms with E-state index in [1.807, 2.05) is 0 Å². The molecule has 0 aromatic rings. The molecule has 0 amide bonds. The van der Waals surface area contributed by atoms with E-state index in [4.69, 9.17) is 63.4 Å². The van der Waals surface area contributed by atoms with Crippen LogP contribution in [0.1, 0.15) is 0 Å². The van der Waals surface area contributed by atoms with Gasteiger partial charge < -0.3 is 57.8 Å². The van der Waals surface area contributed by atoms with Gasteiger partial charge in [-0.05, 0) is 5.53 Å². The van der Waals surface area contributed by atoms with Crippen molar-refractivity contribution in [3.8, 4) is 0 Å². The molecule has 0 spiro atoms. The van der Waals surface area contributed by atoms with E-state index in [9.17, 15) is 0 Å². The summed E-state index contributed by atoms with van der Waals surface area (Å²) in [5.41, 5.74) is 13.4. The fourth-order valence-electron chi connectivity index (χ4n) is 2.53. The van der Waals surface area contributed by atoms with E-state index in [2.05, 4.69) is 10.0 Å². The summed E-state index contributed by atoms with van der Waals surface area (Å²) in [6, 6.07) is 0. The van der Waals surface area contributed by atoms with Crippen LogP contribution in [0.2, 0.25) is 0 Å². The lowest BCUT2D eigenvalue weighted by molar-refractivity contribution is -0.0273. The zero-order valence-corrected chi connectivity index (χ0v) is 23.4. The molecule has 15 nitrogen and oxygen atoms in total. The van der Waals surface area contributed by atoms with Gasteiger partial charge in [0.2, 0.25) is 0 Å². The highest BCUT2D eigenvalue weighted by molar-refractivity contribution is 4.44. The Morgan fingerprint density at radius 1 is 0.359 bits per heavy atom. The summed E-state index contributed by atoms with van der Waals surface area (Å²) in [5, 5.41) is 3.37. The first-order valence-electron chi connectivity index (χ1n) is 13.5. The van der Waals surface area contributed by atoms with Gasteiger partial charge in [-0.2, -0.15) is 0 Å². The number of azide groups is 1. The molecule has 0 saturated carbocycles. The number of hydrogen-bond acceptors (Lipinski definition) is 13. The second kappa shape index (κ2) is 36.8. The van der Waals surface area contributed by atoms with Gasteiger partial charge in [0.25, 0.3) is 0 Å². The second-order valence-electron chi connectivity index (χ2n) is 7.48. The van der Waals surface area contributed by atoms with Crippen LogP contribution in [0.5, 0.6) is 0 Å². The maximum atomic E-state index is 8.12. The monoisotopic (exact) mass is 570 g/mol. The minimum absolute atomic E-state index is 0.329. The predicted molar refractivity (Wildman–Crippen MR) is 142 cm³/mol. The number of nitrogens with zero attached hydrogens (tertiary/aromatic N) is 3.